The molecule has 21 heavy (non-hydrogen) atoms. The van der Waals surface area contributed by atoms with Crippen LogP contribution in [0.2, 0.25) is 0 Å². The normalized spacial score (nSPS) is 27.2. The van der Waals surface area contributed by atoms with Gasteiger partial charge in [-0.2, -0.15) is 5.26 Å². The van der Waals surface area contributed by atoms with Gasteiger partial charge in [-0.05, 0) is 19.3 Å². The summed E-state index contributed by atoms with van der Waals surface area (Å²) in [6.07, 6.45) is 2.19. The zero-order chi connectivity index (χ0) is 13.8. The zero-order valence-corrected chi connectivity index (χ0v) is 13.2. The quantitative estimate of drug-likeness (QED) is 0.621. The highest BCUT2D eigenvalue weighted by Crippen LogP contribution is 2.20. The summed E-state index contributed by atoms with van der Waals surface area (Å²) in [6, 6.07) is 1.49. The van der Waals surface area contributed by atoms with Crippen molar-refractivity contribution in [3.63, 3.8) is 0 Å². The lowest BCUT2D eigenvalue weighted by atomic mass is 10.1. The van der Waals surface area contributed by atoms with Crippen LogP contribution in [0.4, 0.5) is 0 Å². The maximum atomic E-state index is 12.3. The maximum Gasteiger partial charge on any atom is 0.240 e. The largest absolute Gasteiger partial charge is 0.351 e. The molecule has 0 aromatic carbocycles. The van der Waals surface area contributed by atoms with Crippen molar-refractivity contribution in [1.29, 1.82) is 5.26 Å². The number of nitriles is 1. The molecule has 2 fully saturated rings. The lowest BCUT2D eigenvalue weighted by molar-refractivity contribution is -0.133. The van der Waals surface area contributed by atoms with Crippen LogP contribution in [0.5, 0.6) is 0 Å². The number of nitrogens with two attached hydrogens (primary N) is 1. The number of nitrogens with zero attached hydrogens (tertiary/aromatic N) is 2. The molecule has 2 saturated heterocycles. The Kier molecular flexibility index (Phi) is 8.59. The molecule has 4 N–H and O–H groups in total. The van der Waals surface area contributed by atoms with Crippen LogP contribution in [-0.4, -0.2) is 54.5 Å². The summed E-state index contributed by atoms with van der Waals surface area (Å²) in [5.74, 6) is -0.246. The van der Waals surface area contributed by atoms with Crippen LogP contribution < -0.4 is 16.4 Å². The van der Waals surface area contributed by atoms with Crippen molar-refractivity contribution in [1.82, 2.24) is 15.5 Å². The van der Waals surface area contributed by atoms with E-state index in [0.717, 1.165) is 12.8 Å². The molecule has 0 aliphatic carbocycles. The van der Waals surface area contributed by atoms with Gasteiger partial charge in [0.15, 0.2) is 0 Å². The third-order valence-electron chi connectivity index (χ3n) is 3.66. The van der Waals surface area contributed by atoms with Crippen LogP contribution in [0.1, 0.15) is 19.3 Å². The van der Waals surface area contributed by atoms with E-state index in [-0.39, 0.29) is 61.3 Å². The summed E-state index contributed by atoms with van der Waals surface area (Å²) >= 11 is 0. The van der Waals surface area contributed by atoms with E-state index in [1.807, 2.05) is 0 Å². The van der Waals surface area contributed by atoms with Gasteiger partial charge in [0.25, 0.3) is 0 Å². The van der Waals surface area contributed by atoms with Gasteiger partial charge in [0, 0.05) is 19.1 Å². The first-order valence-electron chi connectivity index (χ1n) is 6.58. The number of carbonyl (C=O) groups is 2. The Balaban J connectivity index is 0.00000200. The van der Waals surface area contributed by atoms with Crippen molar-refractivity contribution in [3.8, 4) is 6.07 Å². The number of carbonyl (C=O) groups excluding carboxylic acids is 2. The van der Waals surface area contributed by atoms with Gasteiger partial charge in [-0.1, -0.05) is 0 Å². The monoisotopic (exact) mass is 337 g/mol. The molecule has 0 unspecified atom stereocenters. The fourth-order valence-electron chi connectivity index (χ4n) is 2.69. The molecule has 2 aliphatic heterocycles. The van der Waals surface area contributed by atoms with E-state index < -0.39 is 0 Å². The van der Waals surface area contributed by atoms with E-state index in [2.05, 4.69) is 16.7 Å². The van der Waals surface area contributed by atoms with Gasteiger partial charge in [0.2, 0.25) is 11.8 Å². The number of nitrogens with one attached hydrogen (secondary N) is 2. The van der Waals surface area contributed by atoms with Crippen molar-refractivity contribution < 1.29 is 9.59 Å². The maximum absolute atomic E-state index is 12.3. The Morgan fingerprint density at radius 2 is 2.14 bits per heavy atom. The minimum Gasteiger partial charge on any atom is -0.351 e. The van der Waals surface area contributed by atoms with E-state index >= 15 is 0 Å². The predicted molar refractivity (Wildman–Crippen MR) is 82.2 cm³/mol. The van der Waals surface area contributed by atoms with Gasteiger partial charge in [-0.25, -0.2) is 0 Å². The number of hydrogen-bond donors (Lipinski definition) is 3. The van der Waals surface area contributed by atoms with Crippen LogP contribution >= 0.6 is 24.8 Å². The first-order valence-corrected chi connectivity index (χ1v) is 6.58. The second kappa shape index (κ2) is 9.05. The van der Waals surface area contributed by atoms with Gasteiger partial charge in [0.1, 0.15) is 6.04 Å². The fourth-order valence-corrected chi connectivity index (χ4v) is 2.69. The van der Waals surface area contributed by atoms with Gasteiger partial charge in [0.05, 0.1) is 18.7 Å². The minimum atomic E-state index is -0.308. The van der Waals surface area contributed by atoms with Crippen molar-refractivity contribution >= 4 is 36.6 Å². The van der Waals surface area contributed by atoms with Crippen molar-refractivity contribution in [2.75, 3.05) is 19.6 Å². The summed E-state index contributed by atoms with van der Waals surface area (Å²) in [5, 5.41) is 14.9. The van der Waals surface area contributed by atoms with E-state index in [1.54, 1.807) is 4.90 Å². The van der Waals surface area contributed by atoms with E-state index in [4.69, 9.17) is 11.0 Å². The van der Waals surface area contributed by atoms with Crippen LogP contribution in [0.15, 0.2) is 0 Å². The summed E-state index contributed by atoms with van der Waals surface area (Å²) in [4.78, 5) is 25.1. The average molecular weight is 338 g/mol. The first kappa shape index (κ1) is 19.9. The number of hydrogen-bond acceptors (Lipinski definition) is 5. The zero-order valence-electron chi connectivity index (χ0n) is 11.6. The highest BCUT2D eigenvalue weighted by atomic mass is 35.5. The second-order valence-electron chi connectivity index (χ2n) is 4.98. The lowest BCUT2D eigenvalue weighted by Crippen LogP contribution is -2.45. The van der Waals surface area contributed by atoms with Crippen LogP contribution in [-0.2, 0) is 9.59 Å². The molecule has 2 aliphatic rings. The van der Waals surface area contributed by atoms with E-state index in [9.17, 15) is 9.59 Å². The highest BCUT2D eigenvalue weighted by Gasteiger charge is 2.37. The Morgan fingerprint density at radius 3 is 2.76 bits per heavy atom. The Bertz CT molecular complexity index is 415. The number of halogens is 2. The highest BCUT2D eigenvalue weighted by molar-refractivity contribution is 5.85. The lowest BCUT2D eigenvalue weighted by Gasteiger charge is -2.23. The molecule has 2 rings (SSSR count). The van der Waals surface area contributed by atoms with Gasteiger partial charge in [-0.3, -0.25) is 9.59 Å². The summed E-state index contributed by atoms with van der Waals surface area (Å²) in [6.45, 7) is 1.17. The standard InChI is InChI=1S/C12H19N5O2.2ClH/c13-5-9-2-1-3-17(9)12(19)10-4-8(7-15-10)16-11(18)6-14;;/h8-10,15H,1-4,6-7,14H2,(H,16,18);2*1H/t8-,9-,10-;;/m0../s1. The molecule has 9 heteroatoms. The molecule has 0 spiro atoms. The van der Waals surface area contributed by atoms with Crippen LogP contribution in [0, 0.1) is 11.3 Å². The summed E-state index contributed by atoms with van der Waals surface area (Å²) in [5.41, 5.74) is 5.24. The molecule has 0 saturated carbocycles. The number of likely N-dealkylation sites (tertiary alicyclic amines) is 1. The third kappa shape index (κ3) is 4.71. The number of amides is 2. The molecule has 120 valence electrons. The van der Waals surface area contributed by atoms with Gasteiger partial charge >= 0.3 is 0 Å². The Morgan fingerprint density at radius 1 is 1.43 bits per heavy atom. The molecule has 0 bridgehead atoms. The molecule has 3 atom stereocenters. The predicted octanol–water partition coefficient (Wildman–Crippen LogP) is -0.850. The smallest absolute Gasteiger partial charge is 0.240 e. The molecular formula is C12H21Cl2N5O2. The second-order valence-corrected chi connectivity index (χ2v) is 4.98. The average Bonchev–Trinajstić information content (AvgIpc) is 3.06. The van der Waals surface area contributed by atoms with Crippen molar-refractivity contribution in [2.45, 2.75) is 37.4 Å². The minimum absolute atomic E-state index is 0. The molecule has 7 nitrogen and oxygen atoms in total. The SMILES string of the molecule is Cl.Cl.N#C[C@@H]1CCCN1C(=O)[C@@H]1C[C@H](NC(=O)CN)CN1. The molecular weight excluding hydrogens is 317 g/mol. The van der Waals surface area contributed by atoms with Gasteiger partial charge < -0.3 is 21.3 Å². The molecule has 0 radical (unpaired) electrons. The molecule has 2 heterocycles. The fraction of sp³-hybridized carbons (Fsp3) is 0.750. The third-order valence-corrected chi connectivity index (χ3v) is 3.66. The molecule has 2 amide bonds. The van der Waals surface area contributed by atoms with Gasteiger partial charge in [-0.15, -0.1) is 24.8 Å². The summed E-state index contributed by atoms with van der Waals surface area (Å²) in [7, 11) is 0. The number of rotatable bonds is 3. The van der Waals surface area contributed by atoms with E-state index in [1.165, 1.54) is 0 Å². The molecule has 0 aromatic heterocycles. The van der Waals surface area contributed by atoms with Crippen molar-refractivity contribution in [2.24, 2.45) is 5.73 Å². The van der Waals surface area contributed by atoms with Crippen molar-refractivity contribution in [3.05, 3.63) is 0 Å². The van der Waals surface area contributed by atoms with Crippen LogP contribution in [0.25, 0.3) is 0 Å². The van der Waals surface area contributed by atoms with Crippen LogP contribution in [0.3, 0.4) is 0 Å². The topological polar surface area (TPSA) is 111 Å². The Hall–Kier alpha value is -1.07. The Labute approximate surface area is 136 Å². The first-order chi connectivity index (χ1) is 9.15. The molecule has 0 aromatic rings. The van der Waals surface area contributed by atoms with E-state index in [0.29, 0.717) is 19.5 Å². The summed E-state index contributed by atoms with van der Waals surface area (Å²) < 4.78 is 0.